The van der Waals surface area contributed by atoms with Gasteiger partial charge in [-0.25, -0.2) is 0 Å². The maximum Gasteiger partial charge on any atom is 0.280 e. The third-order valence-corrected chi connectivity index (χ3v) is 2.95. The van der Waals surface area contributed by atoms with Crippen LogP contribution in [0.4, 0.5) is 0 Å². The molecule has 1 fully saturated rings. The van der Waals surface area contributed by atoms with Crippen LogP contribution in [0.15, 0.2) is 15.1 Å². The fourth-order valence-corrected chi connectivity index (χ4v) is 2.04. The molecule has 0 aromatic carbocycles. The summed E-state index contributed by atoms with van der Waals surface area (Å²) in [5.74, 6) is 2.27. The zero-order valence-electron chi connectivity index (χ0n) is 9.64. The van der Waals surface area contributed by atoms with Gasteiger partial charge in [0.1, 0.15) is 5.76 Å². The number of hydrogen-bond donors (Lipinski definition) is 1. The zero-order chi connectivity index (χ0) is 11.7. The number of nitrogens with one attached hydrogen (secondary N) is 1. The molecule has 0 aliphatic carbocycles. The van der Waals surface area contributed by atoms with Crippen LogP contribution in [0, 0.1) is 6.92 Å². The lowest BCUT2D eigenvalue weighted by atomic mass is 9.99. The van der Waals surface area contributed by atoms with Crippen LogP contribution in [0.1, 0.15) is 30.3 Å². The Morgan fingerprint density at radius 1 is 1.35 bits per heavy atom. The summed E-state index contributed by atoms with van der Waals surface area (Å²) in [5.41, 5.74) is 0.602. The largest absolute Gasteiger partial charge is 0.361 e. The van der Waals surface area contributed by atoms with E-state index in [1.54, 1.807) is 6.07 Å². The van der Waals surface area contributed by atoms with E-state index >= 15 is 0 Å². The van der Waals surface area contributed by atoms with Crippen molar-refractivity contribution in [2.24, 2.45) is 0 Å². The lowest BCUT2D eigenvalue weighted by Gasteiger charge is -2.19. The molecule has 1 aliphatic heterocycles. The van der Waals surface area contributed by atoms with E-state index in [-0.39, 0.29) is 0 Å². The van der Waals surface area contributed by atoms with Crippen LogP contribution < -0.4 is 5.32 Å². The van der Waals surface area contributed by atoms with Crippen molar-refractivity contribution in [2.45, 2.75) is 25.7 Å². The smallest absolute Gasteiger partial charge is 0.280 e. The van der Waals surface area contributed by atoms with Crippen LogP contribution >= 0.6 is 0 Å². The summed E-state index contributed by atoms with van der Waals surface area (Å²) in [7, 11) is 0. The molecule has 2 aromatic rings. The molecule has 0 saturated carbocycles. The average molecular weight is 234 g/mol. The van der Waals surface area contributed by atoms with Crippen LogP contribution in [-0.2, 0) is 0 Å². The van der Waals surface area contributed by atoms with Gasteiger partial charge in [-0.05, 0) is 26.3 Å². The van der Waals surface area contributed by atoms with E-state index in [9.17, 15) is 0 Å². The molecule has 6 nitrogen and oxygen atoms in total. The maximum atomic E-state index is 5.21. The standard InChI is InChI=1S/C11H14N4O2/c1-7-5-9(14-16-7)11-13-10(15-17-11)8-3-2-4-12-6-8/h5,8,12H,2-4,6H2,1H3. The van der Waals surface area contributed by atoms with Crippen molar-refractivity contribution < 1.29 is 9.05 Å². The van der Waals surface area contributed by atoms with E-state index < -0.39 is 0 Å². The number of nitrogens with zero attached hydrogens (tertiary/aromatic N) is 3. The van der Waals surface area contributed by atoms with Crippen molar-refractivity contribution in [1.29, 1.82) is 0 Å². The van der Waals surface area contributed by atoms with E-state index in [1.165, 1.54) is 0 Å². The molecule has 17 heavy (non-hydrogen) atoms. The highest BCUT2D eigenvalue weighted by molar-refractivity contribution is 5.45. The monoisotopic (exact) mass is 234 g/mol. The summed E-state index contributed by atoms with van der Waals surface area (Å²) in [5, 5.41) is 11.2. The van der Waals surface area contributed by atoms with Crippen molar-refractivity contribution in [2.75, 3.05) is 13.1 Å². The molecule has 1 unspecified atom stereocenters. The Balaban J connectivity index is 1.82. The first-order valence-corrected chi connectivity index (χ1v) is 5.81. The average Bonchev–Trinajstić information content (AvgIpc) is 2.98. The van der Waals surface area contributed by atoms with E-state index in [1.807, 2.05) is 6.92 Å². The van der Waals surface area contributed by atoms with E-state index in [0.717, 1.165) is 37.5 Å². The van der Waals surface area contributed by atoms with Gasteiger partial charge in [0, 0.05) is 18.5 Å². The van der Waals surface area contributed by atoms with E-state index in [4.69, 9.17) is 9.05 Å². The quantitative estimate of drug-likeness (QED) is 0.848. The van der Waals surface area contributed by atoms with Crippen LogP contribution in [0.2, 0.25) is 0 Å². The van der Waals surface area contributed by atoms with Gasteiger partial charge in [0.15, 0.2) is 11.5 Å². The van der Waals surface area contributed by atoms with Crippen LogP contribution in [0.25, 0.3) is 11.6 Å². The molecule has 6 heteroatoms. The minimum Gasteiger partial charge on any atom is -0.361 e. The fraction of sp³-hybridized carbons (Fsp3) is 0.545. The molecular formula is C11H14N4O2. The Bertz CT molecular complexity index is 499. The first-order chi connectivity index (χ1) is 8.33. The fourth-order valence-electron chi connectivity index (χ4n) is 2.04. The van der Waals surface area contributed by atoms with Crippen molar-refractivity contribution in [1.82, 2.24) is 20.6 Å². The molecule has 0 amide bonds. The lowest BCUT2D eigenvalue weighted by Crippen LogP contribution is -2.28. The third kappa shape index (κ3) is 2.08. The Labute approximate surface area is 98.4 Å². The summed E-state index contributed by atoms with van der Waals surface area (Å²) >= 11 is 0. The molecule has 1 aliphatic rings. The number of piperidine rings is 1. The van der Waals surface area contributed by atoms with Gasteiger partial charge < -0.3 is 14.4 Å². The molecule has 3 rings (SSSR count). The first kappa shape index (κ1) is 10.5. The second-order valence-electron chi connectivity index (χ2n) is 4.32. The highest BCUT2D eigenvalue weighted by Crippen LogP contribution is 2.23. The van der Waals surface area contributed by atoms with Gasteiger partial charge >= 0.3 is 0 Å². The van der Waals surface area contributed by atoms with E-state index in [0.29, 0.717) is 17.5 Å². The highest BCUT2D eigenvalue weighted by atomic mass is 16.5. The van der Waals surface area contributed by atoms with Crippen LogP contribution in [0.5, 0.6) is 0 Å². The minimum atomic E-state index is 0.342. The summed E-state index contributed by atoms with van der Waals surface area (Å²) in [6.45, 7) is 3.82. The van der Waals surface area contributed by atoms with Crippen LogP contribution in [-0.4, -0.2) is 28.4 Å². The molecule has 0 bridgehead atoms. The zero-order valence-corrected chi connectivity index (χ0v) is 9.64. The van der Waals surface area contributed by atoms with Gasteiger partial charge in [0.05, 0.1) is 0 Å². The summed E-state index contributed by atoms with van der Waals surface area (Å²) < 4.78 is 10.2. The molecule has 2 aromatic heterocycles. The second-order valence-corrected chi connectivity index (χ2v) is 4.32. The molecule has 0 spiro atoms. The molecule has 1 atom stereocenters. The number of aromatic nitrogens is 3. The molecule has 1 saturated heterocycles. The maximum absolute atomic E-state index is 5.21. The topological polar surface area (TPSA) is 77.0 Å². The Morgan fingerprint density at radius 3 is 3.00 bits per heavy atom. The number of aryl methyl sites for hydroxylation is 1. The van der Waals surface area contributed by atoms with Crippen molar-refractivity contribution in [3.63, 3.8) is 0 Å². The number of rotatable bonds is 2. The lowest BCUT2D eigenvalue weighted by molar-refractivity contribution is 0.381. The van der Waals surface area contributed by atoms with Crippen molar-refractivity contribution in [3.8, 4) is 11.6 Å². The van der Waals surface area contributed by atoms with Gasteiger partial charge in [-0.15, -0.1) is 0 Å². The Hall–Kier alpha value is -1.69. The highest BCUT2D eigenvalue weighted by Gasteiger charge is 2.22. The SMILES string of the molecule is Cc1cc(-c2nc(C3CCCNC3)no2)no1. The number of hydrogen-bond acceptors (Lipinski definition) is 6. The molecule has 1 N–H and O–H groups in total. The van der Waals surface area contributed by atoms with Gasteiger partial charge in [0.2, 0.25) is 0 Å². The normalized spacial score (nSPS) is 20.6. The van der Waals surface area contributed by atoms with E-state index in [2.05, 4.69) is 20.6 Å². The summed E-state index contributed by atoms with van der Waals surface area (Å²) in [4.78, 5) is 4.38. The van der Waals surface area contributed by atoms with Gasteiger partial charge in [-0.3, -0.25) is 0 Å². The van der Waals surface area contributed by atoms with Crippen molar-refractivity contribution in [3.05, 3.63) is 17.7 Å². The van der Waals surface area contributed by atoms with Crippen LogP contribution in [0.3, 0.4) is 0 Å². The molecule has 3 heterocycles. The van der Waals surface area contributed by atoms with Gasteiger partial charge in [0.25, 0.3) is 5.89 Å². The predicted molar refractivity (Wildman–Crippen MR) is 59.4 cm³/mol. The second kappa shape index (κ2) is 4.29. The van der Waals surface area contributed by atoms with Gasteiger partial charge in [-0.2, -0.15) is 4.98 Å². The summed E-state index contributed by atoms with van der Waals surface area (Å²) in [6.07, 6.45) is 2.25. The molecule has 90 valence electrons. The Morgan fingerprint density at radius 2 is 2.29 bits per heavy atom. The summed E-state index contributed by atoms with van der Waals surface area (Å²) in [6, 6.07) is 1.79. The minimum absolute atomic E-state index is 0.342. The molecule has 0 radical (unpaired) electrons. The molecular weight excluding hydrogens is 220 g/mol. The van der Waals surface area contributed by atoms with Gasteiger partial charge in [-0.1, -0.05) is 10.3 Å². The van der Waals surface area contributed by atoms with Crippen molar-refractivity contribution >= 4 is 0 Å². The third-order valence-electron chi connectivity index (χ3n) is 2.95. The first-order valence-electron chi connectivity index (χ1n) is 5.81. The Kier molecular flexibility index (Phi) is 2.64. The predicted octanol–water partition coefficient (Wildman–Crippen LogP) is 1.50.